The van der Waals surface area contributed by atoms with Gasteiger partial charge in [-0.05, 0) is 52.1 Å². The van der Waals surface area contributed by atoms with Gasteiger partial charge in [0, 0.05) is 9.35 Å². The Kier molecular flexibility index (Phi) is 4.20. The summed E-state index contributed by atoms with van der Waals surface area (Å²) in [6, 6.07) is 6.83. The topological polar surface area (TPSA) is 12.0 Å². The molecule has 17 heavy (non-hydrogen) atoms. The number of thiophene rings is 1. The number of benzene rings is 1. The molecule has 1 nitrogen and oxygen atoms in total. The maximum atomic E-state index is 13.5. The van der Waals surface area contributed by atoms with Crippen LogP contribution in [0.15, 0.2) is 34.1 Å². The highest BCUT2D eigenvalue weighted by Crippen LogP contribution is 2.33. The largest absolute Gasteiger partial charge is 0.309 e. The molecule has 0 saturated carbocycles. The lowest BCUT2D eigenvalue weighted by Gasteiger charge is -2.16. The summed E-state index contributed by atoms with van der Waals surface area (Å²) in [5.74, 6) is -0.392. The highest BCUT2D eigenvalue weighted by atomic mass is 79.9. The summed E-state index contributed by atoms with van der Waals surface area (Å²) < 4.78 is 14.5. The minimum atomic E-state index is -0.392. The first-order chi connectivity index (χ1) is 8.13. The van der Waals surface area contributed by atoms with Gasteiger partial charge in [0.25, 0.3) is 0 Å². The zero-order valence-corrected chi connectivity index (χ0v) is 12.2. The zero-order valence-electron chi connectivity index (χ0n) is 9.01. The van der Waals surface area contributed by atoms with Crippen molar-refractivity contribution in [3.63, 3.8) is 0 Å². The maximum absolute atomic E-state index is 13.5. The Morgan fingerprint density at radius 2 is 2.18 bits per heavy atom. The first-order valence-corrected chi connectivity index (χ1v) is 7.03. The summed E-state index contributed by atoms with van der Waals surface area (Å²) in [4.78, 5) is 1.12. The second-order valence-corrected chi connectivity index (χ2v) is 5.74. The second kappa shape index (κ2) is 5.48. The van der Waals surface area contributed by atoms with Crippen molar-refractivity contribution in [2.24, 2.45) is 0 Å². The molecule has 5 heteroatoms. The van der Waals surface area contributed by atoms with Crippen LogP contribution in [0, 0.1) is 5.82 Å². The Balaban J connectivity index is 2.42. The summed E-state index contributed by atoms with van der Waals surface area (Å²) >= 11 is 10.8. The molecule has 1 aromatic heterocycles. The summed E-state index contributed by atoms with van der Waals surface area (Å²) in [7, 11) is 1.85. The Labute approximate surface area is 117 Å². The van der Waals surface area contributed by atoms with Gasteiger partial charge < -0.3 is 5.32 Å². The highest BCUT2D eigenvalue weighted by molar-refractivity contribution is 9.10. The second-order valence-electron chi connectivity index (χ2n) is 3.53. The van der Waals surface area contributed by atoms with Crippen molar-refractivity contribution in [3.05, 3.63) is 55.4 Å². The van der Waals surface area contributed by atoms with Crippen LogP contribution in [0.25, 0.3) is 0 Å². The average molecular weight is 335 g/mol. The van der Waals surface area contributed by atoms with Crippen LogP contribution < -0.4 is 5.32 Å². The van der Waals surface area contributed by atoms with Gasteiger partial charge in [-0.3, -0.25) is 0 Å². The predicted octanol–water partition coefficient (Wildman–Crippen LogP) is 4.61. The molecule has 1 unspecified atom stereocenters. The minimum Gasteiger partial charge on any atom is -0.309 e. The molecule has 0 aliphatic rings. The molecule has 1 atom stereocenters. The molecule has 0 spiro atoms. The molecule has 2 aromatic rings. The van der Waals surface area contributed by atoms with E-state index in [1.54, 1.807) is 17.4 Å². The summed E-state index contributed by atoms with van der Waals surface area (Å²) in [6.07, 6.45) is 0. The Morgan fingerprint density at radius 1 is 1.41 bits per heavy atom. The van der Waals surface area contributed by atoms with Crippen molar-refractivity contribution in [3.8, 4) is 0 Å². The number of halogens is 3. The van der Waals surface area contributed by atoms with E-state index in [4.69, 9.17) is 11.6 Å². The summed E-state index contributed by atoms with van der Waals surface area (Å²) in [5, 5.41) is 5.32. The number of rotatable bonds is 3. The third kappa shape index (κ3) is 2.71. The molecular weight excluding hydrogens is 325 g/mol. The molecule has 0 aliphatic heterocycles. The SMILES string of the molecule is CNC(c1ccc(Cl)c(F)c1)c1sccc1Br. The maximum Gasteiger partial charge on any atom is 0.142 e. The number of hydrogen-bond acceptors (Lipinski definition) is 2. The quantitative estimate of drug-likeness (QED) is 0.864. The molecule has 2 rings (SSSR count). The molecule has 90 valence electrons. The van der Waals surface area contributed by atoms with Crippen molar-refractivity contribution in [1.82, 2.24) is 5.32 Å². The Morgan fingerprint density at radius 3 is 2.71 bits per heavy atom. The first-order valence-electron chi connectivity index (χ1n) is 4.98. The summed E-state index contributed by atoms with van der Waals surface area (Å²) in [5.41, 5.74) is 0.859. The van der Waals surface area contributed by atoms with Crippen LogP contribution in [0.1, 0.15) is 16.5 Å². The van der Waals surface area contributed by atoms with E-state index in [1.165, 1.54) is 6.07 Å². The van der Waals surface area contributed by atoms with Crippen molar-refractivity contribution in [2.45, 2.75) is 6.04 Å². The average Bonchev–Trinajstić information content (AvgIpc) is 2.71. The van der Waals surface area contributed by atoms with Crippen LogP contribution in [0.5, 0.6) is 0 Å². The third-order valence-electron chi connectivity index (χ3n) is 2.47. The van der Waals surface area contributed by atoms with E-state index >= 15 is 0 Å². The Bertz CT molecular complexity index is 529. The van der Waals surface area contributed by atoms with Gasteiger partial charge in [0.1, 0.15) is 5.82 Å². The van der Waals surface area contributed by atoms with E-state index < -0.39 is 5.82 Å². The lowest BCUT2D eigenvalue weighted by atomic mass is 10.1. The van der Waals surface area contributed by atoms with Gasteiger partial charge in [0.05, 0.1) is 11.1 Å². The molecule has 0 bridgehead atoms. The monoisotopic (exact) mass is 333 g/mol. The molecular formula is C12H10BrClFNS. The first kappa shape index (κ1) is 13.0. The fourth-order valence-electron chi connectivity index (χ4n) is 1.65. The molecule has 0 amide bonds. The number of nitrogens with one attached hydrogen (secondary N) is 1. The van der Waals surface area contributed by atoms with Gasteiger partial charge in [-0.25, -0.2) is 4.39 Å². The lowest BCUT2D eigenvalue weighted by molar-refractivity contribution is 0.618. The highest BCUT2D eigenvalue weighted by Gasteiger charge is 2.17. The van der Waals surface area contributed by atoms with Gasteiger partial charge in [-0.15, -0.1) is 11.3 Å². The zero-order chi connectivity index (χ0) is 12.4. The fourth-order valence-corrected chi connectivity index (χ4v) is 3.51. The molecule has 0 fully saturated rings. The smallest absolute Gasteiger partial charge is 0.142 e. The standard InChI is InChI=1S/C12H10BrClFNS/c1-16-11(12-8(13)4-5-17-12)7-2-3-9(14)10(15)6-7/h2-6,11,16H,1H3. The number of hydrogen-bond donors (Lipinski definition) is 1. The minimum absolute atomic E-state index is 0.0314. The van der Waals surface area contributed by atoms with E-state index in [1.807, 2.05) is 24.6 Å². The lowest BCUT2D eigenvalue weighted by Crippen LogP contribution is -2.17. The van der Waals surface area contributed by atoms with Crippen molar-refractivity contribution in [2.75, 3.05) is 7.05 Å². The molecule has 1 heterocycles. The van der Waals surface area contributed by atoms with Gasteiger partial charge in [-0.2, -0.15) is 0 Å². The third-order valence-corrected chi connectivity index (χ3v) is 4.71. The van der Waals surface area contributed by atoms with Crippen LogP contribution in [0.3, 0.4) is 0 Å². The van der Waals surface area contributed by atoms with Crippen LogP contribution >= 0.6 is 38.9 Å². The molecule has 1 aromatic carbocycles. The van der Waals surface area contributed by atoms with Gasteiger partial charge in [0.2, 0.25) is 0 Å². The Hall–Kier alpha value is -0.420. The van der Waals surface area contributed by atoms with E-state index in [2.05, 4.69) is 21.2 Å². The van der Waals surface area contributed by atoms with Gasteiger partial charge >= 0.3 is 0 Å². The van der Waals surface area contributed by atoms with Crippen LogP contribution in [-0.2, 0) is 0 Å². The fraction of sp³-hybridized carbons (Fsp3) is 0.167. The molecule has 0 saturated heterocycles. The van der Waals surface area contributed by atoms with Crippen LogP contribution in [0.4, 0.5) is 4.39 Å². The van der Waals surface area contributed by atoms with E-state index in [-0.39, 0.29) is 11.1 Å². The normalized spacial score (nSPS) is 12.7. The van der Waals surface area contributed by atoms with Gasteiger partial charge in [0.15, 0.2) is 0 Å². The van der Waals surface area contributed by atoms with Gasteiger partial charge in [-0.1, -0.05) is 17.7 Å². The van der Waals surface area contributed by atoms with Crippen molar-refractivity contribution in [1.29, 1.82) is 0 Å². The van der Waals surface area contributed by atoms with E-state index in [9.17, 15) is 4.39 Å². The van der Waals surface area contributed by atoms with E-state index in [0.29, 0.717) is 0 Å². The van der Waals surface area contributed by atoms with E-state index in [0.717, 1.165) is 14.9 Å². The molecule has 0 aliphatic carbocycles. The van der Waals surface area contributed by atoms with Crippen molar-refractivity contribution >= 4 is 38.9 Å². The predicted molar refractivity (Wildman–Crippen MR) is 74.3 cm³/mol. The molecule has 0 radical (unpaired) electrons. The van der Waals surface area contributed by atoms with Crippen molar-refractivity contribution < 1.29 is 4.39 Å². The summed E-state index contributed by atoms with van der Waals surface area (Å²) in [6.45, 7) is 0. The van der Waals surface area contributed by atoms with Crippen LogP contribution in [0.2, 0.25) is 5.02 Å². The molecule has 1 N–H and O–H groups in total. The van der Waals surface area contributed by atoms with Crippen LogP contribution in [-0.4, -0.2) is 7.05 Å².